The second-order valence-corrected chi connectivity index (χ2v) is 6.51. The lowest BCUT2D eigenvalue weighted by Gasteiger charge is -2.18. The summed E-state index contributed by atoms with van der Waals surface area (Å²) in [4.78, 5) is 18.1. The summed E-state index contributed by atoms with van der Waals surface area (Å²) in [5.41, 5.74) is -0.0865. The molecule has 1 aliphatic rings. The average Bonchev–Trinajstić information content (AvgIpc) is 2.98. The highest BCUT2D eigenvalue weighted by Crippen LogP contribution is 2.24. The predicted octanol–water partition coefficient (Wildman–Crippen LogP) is 3.93. The number of aromatic nitrogens is 1. The van der Waals surface area contributed by atoms with Gasteiger partial charge in [-0.15, -0.1) is 0 Å². The van der Waals surface area contributed by atoms with Crippen LogP contribution in [0, 0.1) is 5.82 Å². The molecule has 1 unspecified atom stereocenters. The Kier molecular flexibility index (Phi) is 4.82. The van der Waals surface area contributed by atoms with Crippen LogP contribution >= 0.6 is 27.5 Å². The third-order valence-electron chi connectivity index (χ3n) is 3.60. The van der Waals surface area contributed by atoms with Crippen molar-refractivity contribution in [3.63, 3.8) is 0 Å². The molecule has 4 nitrogen and oxygen atoms in total. The fourth-order valence-electron chi connectivity index (χ4n) is 2.47. The van der Waals surface area contributed by atoms with Crippen LogP contribution in [0.2, 0.25) is 5.02 Å². The standard InChI is InChI=1S/C16H13BrClFN2O2/c17-10-4-5-14(20-8-10)23-11-6-7-21(9-11)16(22)15-12(18)2-1-3-13(15)19/h1-5,8,11H,6-7,9H2. The number of pyridine rings is 1. The van der Waals surface area contributed by atoms with E-state index in [1.165, 1.54) is 18.2 Å². The summed E-state index contributed by atoms with van der Waals surface area (Å²) in [6.07, 6.45) is 2.14. The number of ether oxygens (including phenoxy) is 1. The van der Waals surface area contributed by atoms with Crippen molar-refractivity contribution in [3.05, 3.63) is 57.4 Å². The number of hydrogen-bond acceptors (Lipinski definition) is 3. The second kappa shape index (κ2) is 6.84. The largest absolute Gasteiger partial charge is 0.472 e. The van der Waals surface area contributed by atoms with Crippen molar-refractivity contribution in [2.45, 2.75) is 12.5 Å². The molecule has 0 bridgehead atoms. The van der Waals surface area contributed by atoms with E-state index in [0.29, 0.717) is 25.4 Å². The lowest BCUT2D eigenvalue weighted by atomic mass is 10.2. The van der Waals surface area contributed by atoms with Crippen LogP contribution < -0.4 is 4.74 Å². The van der Waals surface area contributed by atoms with Gasteiger partial charge in [-0.3, -0.25) is 4.79 Å². The fourth-order valence-corrected chi connectivity index (χ4v) is 2.95. The number of rotatable bonds is 3. The van der Waals surface area contributed by atoms with Gasteiger partial charge in [0.15, 0.2) is 0 Å². The van der Waals surface area contributed by atoms with Gasteiger partial charge in [0.1, 0.15) is 11.9 Å². The van der Waals surface area contributed by atoms with E-state index >= 15 is 0 Å². The number of carbonyl (C=O) groups excluding carboxylic acids is 1. The van der Waals surface area contributed by atoms with E-state index in [2.05, 4.69) is 20.9 Å². The maximum absolute atomic E-state index is 13.9. The highest BCUT2D eigenvalue weighted by atomic mass is 79.9. The first-order valence-electron chi connectivity index (χ1n) is 7.06. The van der Waals surface area contributed by atoms with Crippen molar-refractivity contribution in [1.29, 1.82) is 0 Å². The first-order valence-corrected chi connectivity index (χ1v) is 8.23. The minimum absolute atomic E-state index is 0.0865. The molecule has 120 valence electrons. The smallest absolute Gasteiger partial charge is 0.258 e. The molecule has 1 fully saturated rings. The molecule has 2 heterocycles. The molecule has 3 rings (SSSR count). The summed E-state index contributed by atoms with van der Waals surface area (Å²) in [7, 11) is 0. The molecule has 1 aromatic carbocycles. The van der Waals surface area contributed by atoms with Gasteiger partial charge in [0, 0.05) is 29.7 Å². The van der Waals surface area contributed by atoms with Gasteiger partial charge in [0.05, 0.1) is 17.1 Å². The zero-order valence-electron chi connectivity index (χ0n) is 12.0. The summed E-state index contributed by atoms with van der Waals surface area (Å²) in [6.45, 7) is 0.867. The summed E-state index contributed by atoms with van der Waals surface area (Å²) in [5, 5.41) is 0.119. The van der Waals surface area contributed by atoms with E-state index in [1.54, 1.807) is 17.2 Å². The fraction of sp³-hybridized carbons (Fsp3) is 0.250. The van der Waals surface area contributed by atoms with Crippen molar-refractivity contribution in [2.24, 2.45) is 0 Å². The Hall–Kier alpha value is -1.66. The van der Waals surface area contributed by atoms with Crippen LogP contribution in [-0.4, -0.2) is 35.0 Å². The van der Waals surface area contributed by atoms with Gasteiger partial charge >= 0.3 is 0 Å². The minimum atomic E-state index is -0.610. The molecule has 1 aromatic heterocycles. The SMILES string of the molecule is O=C(c1c(F)cccc1Cl)N1CCC(Oc2ccc(Br)cn2)C1. The molecule has 0 saturated carbocycles. The number of amides is 1. The van der Waals surface area contributed by atoms with Crippen molar-refractivity contribution in [1.82, 2.24) is 9.88 Å². The Morgan fingerprint density at radius 2 is 2.22 bits per heavy atom. The van der Waals surface area contributed by atoms with Crippen LogP contribution in [0.1, 0.15) is 16.8 Å². The minimum Gasteiger partial charge on any atom is -0.472 e. The molecule has 1 atom stereocenters. The average molecular weight is 400 g/mol. The van der Waals surface area contributed by atoms with Crippen LogP contribution in [0.3, 0.4) is 0 Å². The van der Waals surface area contributed by atoms with E-state index in [1.807, 2.05) is 6.07 Å². The van der Waals surface area contributed by atoms with Crippen molar-refractivity contribution in [3.8, 4) is 5.88 Å². The van der Waals surface area contributed by atoms with E-state index in [0.717, 1.165) is 4.47 Å². The molecular formula is C16H13BrClFN2O2. The zero-order chi connectivity index (χ0) is 16.4. The number of likely N-dealkylation sites (tertiary alicyclic amines) is 1. The van der Waals surface area contributed by atoms with Gasteiger partial charge in [-0.1, -0.05) is 17.7 Å². The van der Waals surface area contributed by atoms with Gasteiger partial charge in [-0.25, -0.2) is 9.37 Å². The second-order valence-electron chi connectivity index (χ2n) is 5.19. The summed E-state index contributed by atoms with van der Waals surface area (Å²) < 4.78 is 20.5. The Labute approximate surface area is 146 Å². The Morgan fingerprint density at radius 3 is 2.91 bits per heavy atom. The number of halogens is 3. The maximum atomic E-state index is 13.9. The van der Waals surface area contributed by atoms with Crippen molar-refractivity contribution >= 4 is 33.4 Å². The molecule has 0 spiro atoms. The monoisotopic (exact) mass is 398 g/mol. The number of nitrogens with zero attached hydrogens (tertiary/aromatic N) is 2. The predicted molar refractivity (Wildman–Crippen MR) is 88.3 cm³/mol. The molecule has 0 aliphatic carbocycles. The Balaban J connectivity index is 1.67. The lowest BCUT2D eigenvalue weighted by molar-refractivity contribution is 0.0766. The topological polar surface area (TPSA) is 42.4 Å². The number of hydrogen-bond donors (Lipinski definition) is 0. The van der Waals surface area contributed by atoms with Gasteiger partial charge in [0.2, 0.25) is 5.88 Å². The molecule has 1 aliphatic heterocycles. The molecule has 0 radical (unpaired) electrons. The Bertz CT molecular complexity index is 706. The van der Waals surface area contributed by atoms with Crippen LogP contribution in [0.4, 0.5) is 4.39 Å². The van der Waals surface area contributed by atoms with Crippen LogP contribution in [0.5, 0.6) is 5.88 Å². The summed E-state index contributed by atoms with van der Waals surface area (Å²) in [6, 6.07) is 7.80. The van der Waals surface area contributed by atoms with Gasteiger partial charge in [0.25, 0.3) is 5.91 Å². The highest BCUT2D eigenvalue weighted by molar-refractivity contribution is 9.10. The van der Waals surface area contributed by atoms with Gasteiger partial charge in [-0.2, -0.15) is 0 Å². The van der Waals surface area contributed by atoms with Crippen molar-refractivity contribution in [2.75, 3.05) is 13.1 Å². The van der Waals surface area contributed by atoms with E-state index in [4.69, 9.17) is 16.3 Å². The van der Waals surface area contributed by atoms with Crippen molar-refractivity contribution < 1.29 is 13.9 Å². The lowest BCUT2D eigenvalue weighted by Crippen LogP contribution is -2.31. The summed E-state index contributed by atoms with van der Waals surface area (Å²) >= 11 is 9.26. The third kappa shape index (κ3) is 3.64. The normalized spacial score (nSPS) is 17.3. The molecule has 23 heavy (non-hydrogen) atoms. The van der Waals surface area contributed by atoms with Gasteiger partial charge in [-0.05, 0) is 34.1 Å². The first kappa shape index (κ1) is 16.2. The van der Waals surface area contributed by atoms with E-state index < -0.39 is 11.7 Å². The number of benzene rings is 1. The van der Waals surface area contributed by atoms with E-state index in [9.17, 15) is 9.18 Å². The molecule has 2 aromatic rings. The van der Waals surface area contributed by atoms with Crippen LogP contribution in [0.15, 0.2) is 41.0 Å². The Morgan fingerprint density at radius 1 is 1.39 bits per heavy atom. The van der Waals surface area contributed by atoms with Crippen LogP contribution in [-0.2, 0) is 0 Å². The molecule has 0 N–H and O–H groups in total. The molecular weight excluding hydrogens is 387 g/mol. The van der Waals surface area contributed by atoms with E-state index in [-0.39, 0.29) is 16.7 Å². The first-order chi connectivity index (χ1) is 11.0. The van der Waals surface area contributed by atoms with Gasteiger partial charge < -0.3 is 9.64 Å². The van der Waals surface area contributed by atoms with Crippen LogP contribution in [0.25, 0.3) is 0 Å². The summed E-state index contributed by atoms with van der Waals surface area (Å²) in [5.74, 6) is -0.527. The zero-order valence-corrected chi connectivity index (χ0v) is 14.3. The quantitative estimate of drug-likeness (QED) is 0.785. The maximum Gasteiger partial charge on any atom is 0.258 e. The molecule has 7 heteroatoms. The third-order valence-corrected chi connectivity index (χ3v) is 4.38. The number of carbonyl (C=O) groups is 1. The molecule has 1 amide bonds. The highest BCUT2D eigenvalue weighted by Gasteiger charge is 2.30. The molecule has 1 saturated heterocycles.